The van der Waals surface area contributed by atoms with Crippen LogP contribution in [0.4, 0.5) is 0 Å². The van der Waals surface area contributed by atoms with Crippen molar-refractivity contribution in [1.82, 2.24) is 5.32 Å². The number of rotatable bonds is 1. The van der Waals surface area contributed by atoms with Gasteiger partial charge in [-0.1, -0.05) is 12.1 Å². The maximum absolute atomic E-state index is 11.8. The molecule has 1 unspecified atom stereocenters. The normalized spacial score (nSPS) is 18.2. The van der Waals surface area contributed by atoms with E-state index < -0.39 is 6.23 Å². The van der Waals surface area contributed by atoms with Crippen LogP contribution in [0.5, 0.6) is 5.75 Å². The van der Waals surface area contributed by atoms with Crippen molar-refractivity contribution in [3.63, 3.8) is 0 Å². The Morgan fingerprint density at radius 2 is 2.00 bits per heavy atom. The Balaban J connectivity index is 1.96. The molecule has 0 aliphatic carbocycles. The molecular weight excluding hydrogens is 218 g/mol. The summed E-state index contributed by atoms with van der Waals surface area (Å²) in [6, 6.07) is 10.8. The number of hydrogen-bond donors (Lipinski definition) is 1. The lowest BCUT2D eigenvalue weighted by Gasteiger charge is -2.25. The van der Waals surface area contributed by atoms with Crippen LogP contribution in [-0.4, -0.2) is 5.91 Å². The molecule has 0 radical (unpaired) electrons. The highest BCUT2D eigenvalue weighted by molar-refractivity contribution is 5.97. The van der Waals surface area contributed by atoms with Crippen LogP contribution in [-0.2, 0) is 0 Å². The maximum atomic E-state index is 11.8. The fourth-order valence-corrected chi connectivity index (χ4v) is 1.83. The molecule has 2 aromatic rings. The molecule has 17 heavy (non-hydrogen) atoms. The largest absolute Gasteiger partial charge is 0.462 e. The number of para-hydroxylation sites is 1. The van der Waals surface area contributed by atoms with Crippen LogP contribution < -0.4 is 10.1 Å². The zero-order valence-corrected chi connectivity index (χ0v) is 9.27. The van der Waals surface area contributed by atoms with Crippen LogP contribution >= 0.6 is 0 Å². The Bertz CT molecular complexity index is 574. The second-order valence-electron chi connectivity index (χ2n) is 3.92. The second kappa shape index (κ2) is 3.66. The zero-order chi connectivity index (χ0) is 11.8. The van der Waals surface area contributed by atoms with Crippen molar-refractivity contribution in [2.45, 2.75) is 13.2 Å². The van der Waals surface area contributed by atoms with Crippen LogP contribution in [0.2, 0.25) is 0 Å². The van der Waals surface area contributed by atoms with Gasteiger partial charge in [0.1, 0.15) is 11.5 Å². The summed E-state index contributed by atoms with van der Waals surface area (Å²) in [4.78, 5) is 11.8. The van der Waals surface area contributed by atoms with Crippen molar-refractivity contribution in [2.24, 2.45) is 0 Å². The number of aryl methyl sites for hydroxylation is 1. The fourth-order valence-electron chi connectivity index (χ4n) is 1.83. The van der Waals surface area contributed by atoms with Crippen molar-refractivity contribution >= 4 is 5.91 Å². The van der Waals surface area contributed by atoms with Gasteiger partial charge in [-0.3, -0.25) is 4.79 Å². The summed E-state index contributed by atoms with van der Waals surface area (Å²) in [6.07, 6.45) is -0.550. The quantitative estimate of drug-likeness (QED) is 0.816. The highest BCUT2D eigenvalue weighted by atomic mass is 16.5. The van der Waals surface area contributed by atoms with E-state index in [4.69, 9.17) is 9.15 Å². The second-order valence-corrected chi connectivity index (χ2v) is 3.92. The summed E-state index contributed by atoms with van der Waals surface area (Å²) in [6.45, 7) is 1.85. The topological polar surface area (TPSA) is 51.5 Å². The van der Waals surface area contributed by atoms with Crippen LogP contribution in [0.15, 0.2) is 40.8 Å². The van der Waals surface area contributed by atoms with E-state index in [0.29, 0.717) is 17.1 Å². The highest BCUT2D eigenvalue weighted by Gasteiger charge is 2.27. The molecule has 0 bridgehead atoms. The number of hydrogen-bond acceptors (Lipinski definition) is 3. The first-order chi connectivity index (χ1) is 8.24. The van der Waals surface area contributed by atoms with Gasteiger partial charge in [0.2, 0.25) is 6.23 Å². The van der Waals surface area contributed by atoms with Crippen molar-refractivity contribution in [3.05, 3.63) is 53.5 Å². The average molecular weight is 229 g/mol. The zero-order valence-electron chi connectivity index (χ0n) is 9.27. The van der Waals surface area contributed by atoms with E-state index in [1.165, 1.54) is 0 Å². The Labute approximate surface area is 98.2 Å². The van der Waals surface area contributed by atoms with E-state index in [-0.39, 0.29) is 5.91 Å². The molecule has 1 amide bonds. The molecular formula is C13H11NO3. The Morgan fingerprint density at radius 3 is 2.76 bits per heavy atom. The van der Waals surface area contributed by atoms with Gasteiger partial charge in [0.05, 0.1) is 5.56 Å². The molecule has 1 aromatic heterocycles. The molecule has 0 fully saturated rings. The Kier molecular flexibility index (Phi) is 2.14. The average Bonchev–Trinajstić information content (AvgIpc) is 2.76. The monoisotopic (exact) mass is 229 g/mol. The van der Waals surface area contributed by atoms with Crippen LogP contribution in [0.1, 0.15) is 28.1 Å². The summed E-state index contributed by atoms with van der Waals surface area (Å²) >= 11 is 0. The fraction of sp³-hybridized carbons (Fsp3) is 0.154. The van der Waals surface area contributed by atoms with Gasteiger partial charge in [0, 0.05) is 0 Å². The van der Waals surface area contributed by atoms with E-state index in [9.17, 15) is 4.79 Å². The van der Waals surface area contributed by atoms with Gasteiger partial charge in [-0.25, -0.2) is 0 Å². The molecule has 1 aromatic carbocycles. The van der Waals surface area contributed by atoms with Gasteiger partial charge in [-0.15, -0.1) is 0 Å². The van der Waals surface area contributed by atoms with E-state index in [1.54, 1.807) is 24.3 Å². The molecule has 0 saturated carbocycles. The third kappa shape index (κ3) is 1.67. The van der Waals surface area contributed by atoms with Crippen molar-refractivity contribution in [3.8, 4) is 5.75 Å². The molecule has 4 heteroatoms. The first-order valence-electron chi connectivity index (χ1n) is 5.37. The molecule has 0 spiro atoms. The molecule has 1 aliphatic rings. The first kappa shape index (κ1) is 9.96. The number of fused-ring (bicyclic) bond motifs is 1. The smallest absolute Gasteiger partial charge is 0.258 e. The van der Waals surface area contributed by atoms with Gasteiger partial charge in [-0.2, -0.15) is 0 Å². The number of carbonyl (C=O) groups is 1. The minimum Gasteiger partial charge on any atom is -0.462 e. The van der Waals surface area contributed by atoms with E-state index in [1.807, 2.05) is 19.1 Å². The summed E-state index contributed by atoms with van der Waals surface area (Å²) in [5.74, 6) is 1.82. The van der Waals surface area contributed by atoms with E-state index in [0.717, 1.165) is 5.76 Å². The lowest BCUT2D eigenvalue weighted by atomic mass is 10.1. The third-order valence-corrected chi connectivity index (χ3v) is 2.66. The number of ether oxygens (including phenoxy) is 1. The number of amides is 1. The predicted molar refractivity (Wildman–Crippen MR) is 60.7 cm³/mol. The Hall–Kier alpha value is -2.23. The number of furan rings is 1. The summed E-state index contributed by atoms with van der Waals surface area (Å²) in [5.41, 5.74) is 0.548. The highest BCUT2D eigenvalue weighted by Crippen LogP contribution is 2.29. The minimum atomic E-state index is -0.550. The van der Waals surface area contributed by atoms with Crippen LogP contribution in [0, 0.1) is 6.92 Å². The van der Waals surface area contributed by atoms with Gasteiger partial charge in [0.15, 0.2) is 5.76 Å². The SMILES string of the molecule is Cc1ccc(C2NC(=O)c3ccccc3O2)o1. The molecule has 1 N–H and O–H groups in total. The molecule has 2 heterocycles. The predicted octanol–water partition coefficient (Wildman–Crippen LogP) is 2.41. The van der Waals surface area contributed by atoms with Gasteiger partial charge >= 0.3 is 0 Å². The molecule has 0 saturated heterocycles. The molecule has 3 rings (SSSR count). The first-order valence-corrected chi connectivity index (χ1v) is 5.37. The van der Waals surface area contributed by atoms with Gasteiger partial charge < -0.3 is 14.5 Å². The standard InChI is InChI=1S/C13H11NO3/c1-8-6-7-11(16-8)13-14-12(15)9-4-2-3-5-10(9)17-13/h2-7,13H,1H3,(H,14,15). The minimum absolute atomic E-state index is 0.147. The number of benzene rings is 1. The Morgan fingerprint density at radius 1 is 1.18 bits per heavy atom. The van der Waals surface area contributed by atoms with Crippen molar-refractivity contribution in [1.29, 1.82) is 0 Å². The number of nitrogens with one attached hydrogen (secondary N) is 1. The van der Waals surface area contributed by atoms with Crippen molar-refractivity contribution in [2.75, 3.05) is 0 Å². The van der Waals surface area contributed by atoms with E-state index in [2.05, 4.69) is 5.32 Å². The molecule has 1 aliphatic heterocycles. The summed E-state index contributed by atoms with van der Waals surface area (Å²) in [5, 5.41) is 2.75. The maximum Gasteiger partial charge on any atom is 0.258 e. The van der Waals surface area contributed by atoms with Gasteiger partial charge in [-0.05, 0) is 31.2 Å². The third-order valence-electron chi connectivity index (χ3n) is 2.66. The molecule has 86 valence electrons. The molecule has 4 nitrogen and oxygen atoms in total. The van der Waals surface area contributed by atoms with Crippen LogP contribution in [0.3, 0.4) is 0 Å². The number of carbonyl (C=O) groups excluding carboxylic acids is 1. The lowest BCUT2D eigenvalue weighted by Crippen LogP contribution is -2.36. The van der Waals surface area contributed by atoms with Crippen molar-refractivity contribution < 1.29 is 13.9 Å². The summed E-state index contributed by atoms with van der Waals surface area (Å²) < 4.78 is 11.1. The molecule has 1 atom stereocenters. The van der Waals surface area contributed by atoms with Gasteiger partial charge in [0.25, 0.3) is 5.91 Å². The van der Waals surface area contributed by atoms with E-state index >= 15 is 0 Å². The van der Waals surface area contributed by atoms with Crippen LogP contribution in [0.25, 0.3) is 0 Å². The summed E-state index contributed by atoms with van der Waals surface area (Å²) in [7, 11) is 0. The lowest BCUT2D eigenvalue weighted by molar-refractivity contribution is 0.0705.